The Kier molecular flexibility index (Phi) is 5.74. The van der Waals surface area contributed by atoms with Crippen molar-refractivity contribution in [2.24, 2.45) is 0 Å². The van der Waals surface area contributed by atoms with E-state index in [9.17, 15) is 4.79 Å². The molecule has 0 aromatic heterocycles. The first-order valence-corrected chi connectivity index (χ1v) is 8.47. The number of ether oxygens (including phenoxy) is 6. The zero-order chi connectivity index (χ0) is 18.7. The van der Waals surface area contributed by atoms with Gasteiger partial charge in [-0.3, -0.25) is 9.53 Å². The third kappa shape index (κ3) is 3.97. The summed E-state index contributed by atoms with van der Waals surface area (Å²) in [5, 5.41) is 0. The summed E-state index contributed by atoms with van der Waals surface area (Å²) >= 11 is 0. The van der Waals surface area contributed by atoms with Crippen LogP contribution in [0.3, 0.4) is 0 Å². The van der Waals surface area contributed by atoms with Crippen molar-refractivity contribution < 1.29 is 33.2 Å². The van der Waals surface area contributed by atoms with E-state index in [1.807, 2.05) is 30.3 Å². The minimum absolute atomic E-state index is 0.323. The molecule has 1 aromatic carbocycles. The van der Waals surface area contributed by atoms with Crippen LogP contribution >= 0.6 is 0 Å². The van der Waals surface area contributed by atoms with Gasteiger partial charge in [-0.25, -0.2) is 0 Å². The molecule has 2 aliphatic heterocycles. The molecule has 1 unspecified atom stereocenters. The van der Waals surface area contributed by atoms with Gasteiger partial charge in [0.25, 0.3) is 5.97 Å². The molecule has 1 aromatic rings. The largest absolute Gasteiger partial charge is 0.457 e. The van der Waals surface area contributed by atoms with E-state index in [1.54, 1.807) is 13.0 Å². The third-order valence-corrected chi connectivity index (χ3v) is 4.40. The van der Waals surface area contributed by atoms with Crippen molar-refractivity contribution in [1.82, 2.24) is 0 Å². The zero-order valence-corrected chi connectivity index (χ0v) is 15.1. The van der Waals surface area contributed by atoms with Gasteiger partial charge in [-0.15, -0.1) is 6.58 Å². The van der Waals surface area contributed by atoms with E-state index >= 15 is 0 Å². The Morgan fingerprint density at radius 2 is 2.00 bits per heavy atom. The van der Waals surface area contributed by atoms with E-state index in [-0.39, 0.29) is 0 Å². The maximum absolute atomic E-state index is 11.6. The summed E-state index contributed by atoms with van der Waals surface area (Å²) in [6.45, 7) is 7.07. The number of rotatable bonds is 6. The molecular weight excluding hydrogens is 340 g/mol. The highest BCUT2D eigenvalue weighted by Crippen LogP contribution is 2.39. The first-order valence-electron chi connectivity index (χ1n) is 8.47. The summed E-state index contributed by atoms with van der Waals surface area (Å²) in [5.74, 6) is -1.70. The van der Waals surface area contributed by atoms with Gasteiger partial charge in [-0.1, -0.05) is 36.4 Å². The van der Waals surface area contributed by atoms with E-state index < -0.39 is 42.6 Å². The zero-order valence-electron chi connectivity index (χ0n) is 15.1. The van der Waals surface area contributed by atoms with Crippen LogP contribution in [0.5, 0.6) is 0 Å². The quantitative estimate of drug-likeness (QED) is 0.566. The summed E-state index contributed by atoms with van der Waals surface area (Å²) in [4.78, 5) is 11.6. The number of methoxy groups -OCH3 is 1. The summed E-state index contributed by atoms with van der Waals surface area (Å²) in [5.41, 5.74) is 0.987. The number of carbonyl (C=O) groups is 1. The summed E-state index contributed by atoms with van der Waals surface area (Å²) in [6.07, 6.45) is -1.70. The van der Waals surface area contributed by atoms with Crippen LogP contribution in [-0.4, -0.2) is 49.8 Å². The topological polar surface area (TPSA) is 72.5 Å². The molecular formula is C19H24O7. The van der Waals surface area contributed by atoms with Crippen LogP contribution in [0.1, 0.15) is 19.4 Å². The van der Waals surface area contributed by atoms with Gasteiger partial charge in [0.05, 0.1) is 6.61 Å². The molecule has 7 heteroatoms. The molecule has 0 spiro atoms. The molecule has 142 valence electrons. The molecule has 0 radical (unpaired) electrons. The number of hydrogen-bond acceptors (Lipinski definition) is 7. The van der Waals surface area contributed by atoms with Crippen LogP contribution in [0.15, 0.2) is 43.0 Å². The average Bonchev–Trinajstić information content (AvgIpc) is 2.97. The summed E-state index contributed by atoms with van der Waals surface area (Å²) in [6, 6.07) is 9.70. The van der Waals surface area contributed by atoms with Gasteiger partial charge < -0.3 is 23.7 Å². The van der Waals surface area contributed by atoms with Gasteiger partial charge in [0.1, 0.15) is 18.3 Å². The number of hydrogen-bond donors (Lipinski definition) is 0. The summed E-state index contributed by atoms with van der Waals surface area (Å²) < 4.78 is 34.3. The lowest BCUT2D eigenvalue weighted by Crippen LogP contribution is -2.58. The molecule has 26 heavy (non-hydrogen) atoms. The van der Waals surface area contributed by atoms with Gasteiger partial charge >= 0.3 is 5.97 Å². The second-order valence-corrected chi connectivity index (χ2v) is 6.31. The van der Waals surface area contributed by atoms with E-state index in [1.165, 1.54) is 14.0 Å². The van der Waals surface area contributed by atoms with E-state index in [0.29, 0.717) is 6.61 Å². The highest BCUT2D eigenvalue weighted by molar-refractivity contribution is 5.66. The number of esters is 1. The standard InChI is InChI=1S/C19H24O7/c1-5-14-15(23-12(2)20)16(22-11-13-9-7-6-8-10-13)17-18(24-14)26-19(3,21-4)25-17/h5-10,14-18H,1,11H2,2-4H3/t14-,15+,16-,17+,18+,19?/m0/s1. The number of carbonyl (C=O) groups excluding carboxylic acids is 1. The Labute approximate surface area is 152 Å². The summed E-state index contributed by atoms with van der Waals surface area (Å²) in [7, 11) is 1.48. The van der Waals surface area contributed by atoms with Crippen molar-refractivity contribution in [2.75, 3.05) is 7.11 Å². The van der Waals surface area contributed by atoms with Crippen molar-refractivity contribution in [2.45, 2.75) is 57.1 Å². The molecule has 2 saturated heterocycles. The van der Waals surface area contributed by atoms with E-state index in [0.717, 1.165) is 5.56 Å². The van der Waals surface area contributed by atoms with Crippen molar-refractivity contribution >= 4 is 5.97 Å². The predicted molar refractivity (Wildman–Crippen MR) is 90.8 cm³/mol. The minimum Gasteiger partial charge on any atom is -0.457 e. The van der Waals surface area contributed by atoms with Gasteiger partial charge in [-0.2, -0.15) is 0 Å². The van der Waals surface area contributed by atoms with Gasteiger partial charge in [-0.05, 0) is 5.56 Å². The van der Waals surface area contributed by atoms with Crippen molar-refractivity contribution in [1.29, 1.82) is 0 Å². The lowest BCUT2D eigenvalue weighted by atomic mass is 9.98. The Morgan fingerprint density at radius 1 is 1.27 bits per heavy atom. The maximum atomic E-state index is 11.6. The fourth-order valence-corrected chi connectivity index (χ4v) is 3.11. The average molecular weight is 364 g/mol. The molecule has 0 aliphatic carbocycles. The van der Waals surface area contributed by atoms with Crippen molar-refractivity contribution in [3.8, 4) is 0 Å². The highest BCUT2D eigenvalue weighted by atomic mass is 16.9. The number of fused-ring (bicyclic) bond motifs is 1. The third-order valence-electron chi connectivity index (χ3n) is 4.40. The van der Waals surface area contributed by atoms with Crippen molar-refractivity contribution in [3.05, 3.63) is 48.6 Å². The van der Waals surface area contributed by atoms with Gasteiger partial charge in [0, 0.05) is 21.0 Å². The van der Waals surface area contributed by atoms with Crippen LogP contribution in [0.2, 0.25) is 0 Å². The Hall–Kier alpha value is -1.77. The fourth-order valence-electron chi connectivity index (χ4n) is 3.11. The lowest BCUT2D eigenvalue weighted by molar-refractivity contribution is -0.332. The van der Waals surface area contributed by atoms with Crippen LogP contribution in [0.4, 0.5) is 0 Å². The molecule has 0 amide bonds. The second kappa shape index (κ2) is 7.85. The predicted octanol–water partition coefficient (Wildman–Crippen LogP) is 2.15. The van der Waals surface area contributed by atoms with Gasteiger partial charge in [0.2, 0.25) is 0 Å². The van der Waals surface area contributed by atoms with Crippen LogP contribution < -0.4 is 0 Å². The van der Waals surface area contributed by atoms with Gasteiger partial charge in [0.15, 0.2) is 12.4 Å². The van der Waals surface area contributed by atoms with E-state index in [2.05, 4.69) is 6.58 Å². The molecule has 2 heterocycles. The molecule has 2 fully saturated rings. The first-order chi connectivity index (χ1) is 12.5. The van der Waals surface area contributed by atoms with E-state index in [4.69, 9.17) is 28.4 Å². The highest BCUT2D eigenvalue weighted by Gasteiger charge is 2.57. The van der Waals surface area contributed by atoms with Crippen molar-refractivity contribution in [3.63, 3.8) is 0 Å². The molecule has 7 nitrogen and oxygen atoms in total. The Morgan fingerprint density at radius 3 is 2.62 bits per heavy atom. The first kappa shape index (κ1) is 19.0. The molecule has 6 atom stereocenters. The molecule has 0 saturated carbocycles. The molecule has 3 rings (SSSR count). The lowest BCUT2D eigenvalue weighted by Gasteiger charge is -2.40. The smallest absolute Gasteiger partial charge is 0.303 e. The second-order valence-electron chi connectivity index (χ2n) is 6.31. The van der Waals surface area contributed by atoms with Crippen LogP contribution in [-0.2, 0) is 39.8 Å². The maximum Gasteiger partial charge on any atom is 0.303 e. The normalized spacial score (nSPS) is 36.3. The monoisotopic (exact) mass is 364 g/mol. The minimum atomic E-state index is -1.26. The van der Waals surface area contributed by atoms with Crippen LogP contribution in [0.25, 0.3) is 0 Å². The molecule has 0 N–H and O–H groups in total. The molecule has 2 aliphatic rings. The van der Waals surface area contributed by atoms with Crippen LogP contribution in [0, 0.1) is 0 Å². The SMILES string of the molecule is C=C[C@@H]1O[C@@H]2OC(C)(OC)O[C@@H]2[C@@H](OCc2ccccc2)[C@@H]1OC(C)=O. The molecule has 0 bridgehead atoms. The Balaban J connectivity index is 1.84. The number of benzene rings is 1. The Bertz CT molecular complexity index is 634. The fraction of sp³-hybridized carbons (Fsp3) is 0.526.